The van der Waals surface area contributed by atoms with Crippen molar-refractivity contribution in [1.82, 2.24) is 9.97 Å². The molecule has 2 heteroatoms. The Morgan fingerprint density at radius 3 is 2.79 bits per heavy atom. The van der Waals surface area contributed by atoms with Crippen molar-refractivity contribution in [2.24, 2.45) is 0 Å². The summed E-state index contributed by atoms with van der Waals surface area (Å²) in [7, 11) is 0. The van der Waals surface area contributed by atoms with Crippen molar-refractivity contribution >= 4 is 6.08 Å². The van der Waals surface area contributed by atoms with Crippen LogP contribution in [0, 0.1) is 0 Å². The first-order chi connectivity index (χ1) is 9.13. The van der Waals surface area contributed by atoms with Crippen LogP contribution in [-0.2, 0) is 6.42 Å². The lowest BCUT2D eigenvalue weighted by Crippen LogP contribution is -1.93. The van der Waals surface area contributed by atoms with Crippen LogP contribution in [0.25, 0.3) is 17.3 Å². The van der Waals surface area contributed by atoms with E-state index in [0.717, 1.165) is 17.7 Å². The van der Waals surface area contributed by atoms with Crippen molar-refractivity contribution in [2.45, 2.75) is 33.1 Å². The molecular weight excluding hydrogens is 232 g/mol. The summed E-state index contributed by atoms with van der Waals surface area (Å²) in [6.45, 7) is 6.55. The fourth-order valence-electron chi connectivity index (χ4n) is 2.47. The standard InChI is InChI=1S/C17H18N2/c1-11(2)13-4-5-18-17(9-13)15-8-14-6-12(3)7-16(14)19-10-15/h4-6,8-11H,7H2,1-3H3. The van der Waals surface area contributed by atoms with Gasteiger partial charge in [-0.1, -0.05) is 25.5 Å². The van der Waals surface area contributed by atoms with Crippen LogP contribution in [0.15, 0.2) is 36.2 Å². The van der Waals surface area contributed by atoms with E-state index in [1.165, 1.54) is 22.4 Å². The lowest BCUT2D eigenvalue weighted by molar-refractivity contribution is 0.863. The molecule has 0 saturated carbocycles. The molecular formula is C17H18N2. The number of hydrogen-bond donors (Lipinski definition) is 0. The lowest BCUT2D eigenvalue weighted by atomic mass is 10.0. The number of hydrogen-bond acceptors (Lipinski definition) is 2. The molecule has 2 nitrogen and oxygen atoms in total. The van der Waals surface area contributed by atoms with Gasteiger partial charge in [0, 0.05) is 24.4 Å². The number of pyridine rings is 2. The molecule has 0 unspecified atom stereocenters. The van der Waals surface area contributed by atoms with Gasteiger partial charge in [0.15, 0.2) is 0 Å². The first-order valence-electron chi connectivity index (χ1n) is 6.76. The van der Waals surface area contributed by atoms with Crippen LogP contribution < -0.4 is 0 Å². The highest BCUT2D eigenvalue weighted by atomic mass is 14.7. The number of rotatable bonds is 2. The molecule has 19 heavy (non-hydrogen) atoms. The predicted molar refractivity (Wildman–Crippen MR) is 78.9 cm³/mol. The quantitative estimate of drug-likeness (QED) is 0.797. The molecule has 0 radical (unpaired) electrons. The Hall–Kier alpha value is -1.96. The predicted octanol–water partition coefficient (Wildman–Crippen LogP) is 4.23. The molecule has 1 aliphatic rings. The average molecular weight is 250 g/mol. The summed E-state index contributed by atoms with van der Waals surface area (Å²) in [6.07, 6.45) is 7.03. The Morgan fingerprint density at radius 2 is 2.00 bits per heavy atom. The first-order valence-corrected chi connectivity index (χ1v) is 6.76. The van der Waals surface area contributed by atoms with E-state index in [9.17, 15) is 0 Å². The van der Waals surface area contributed by atoms with E-state index < -0.39 is 0 Å². The molecule has 0 amide bonds. The van der Waals surface area contributed by atoms with E-state index in [4.69, 9.17) is 0 Å². The van der Waals surface area contributed by atoms with E-state index >= 15 is 0 Å². The highest BCUT2D eigenvalue weighted by Crippen LogP contribution is 2.28. The summed E-state index contributed by atoms with van der Waals surface area (Å²) >= 11 is 0. The van der Waals surface area contributed by atoms with Gasteiger partial charge in [0.05, 0.1) is 11.4 Å². The Kier molecular flexibility index (Phi) is 2.94. The monoisotopic (exact) mass is 250 g/mol. The minimum atomic E-state index is 0.520. The molecule has 0 N–H and O–H groups in total. The number of fused-ring (bicyclic) bond motifs is 1. The minimum absolute atomic E-state index is 0.520. The smallest absolute Gasteiger partial charge is 0.0720 e. The Balaban J connectivity index is 2.03. The molecule has 2 aromatic heterocycles. The van der Waals surface area contributed by atoms with Crippen LogP contribution in [0.4, 0.5) is 0 Å². The molecule has 2 aromatic rings. The maximum Gasteiger partial charge on any atom is 0.0720 e. The molecule has 0 saturated heterocycles. The third-order valence-electron chi connectivity index (χ3n) is 3.60. The van der Waals surface area contributed by atoms with Crippen LogP contribution in [0.3, 0.4) is 0 Å². The van der Waals surface area contributed by atoms with Crippen LogP contribution in [0.5, 0.6) is 0 Å². The fraction of sp³-hybridized carbons (Fsp3) is 0.294. The first kappa shape index (κ1) is 12.1. The third-order valence-corrected chi connectivity index (χ3v) is 3.60. The Bertz CT molecular complexity index is 654. The van der Waals surface area contributed by atoms with Gasteiger partial charge in [0.1, 0.15) is 0 Å². The van der Waals surface area contributed by atoms with Gasteiger partial charge in [-0.05, 0) is 42.2 Å². The van der Waals surface area contributed by atoms with Crippen LogP contribution in [0.1, 0.15) is 43.5 Å². The zero-order valence-corrected chi connectivity index (χ0v) is 11.6. The summed E-state index contributed by atoms with van der Waals surface area (Å²) in [5.41, 5.74) is 7.24. The molecule has 1 aliphatic carbocycles. The van der Waals surface area contributed by atoms with Gasteiger partial charge in [0.2, 0.25) is 0 Å². The maximum atomic E-state index is 4.57. The van der Waals surface area contributed by atoms with Crippen LogP contribution in [0.2, 0.25) is 0 Å². The molecule has 0 aromatic carbocycles. The molecule has 0 aliphatic heterocycles. The van der Waals surface area contributed by atoms with Gasteiger partial charge in [-0.3, -0.25) is 9.97 Å². The van der Waals surface area contributed by atoms with E-state index in [2.05, 4.69) is 55.0 Å². The second kappa shape index (κ2) is 4.61. The van der Waals surface area contributed by atoms with E-state index in [1.807, 2.05) is 12.4 Å². The summed E-state index contributed by atoms with van der Waals surface area (Å²) in [4.78, 5) is 9.04. The maximum absolute atomic E-state index is 4.57. The molecule has 0 fully saturated rings. The van der Waals surface area contributed by atoms with Gasteiger partial charge in [-0.15, -0.1) is 0 Å². The number of allylic oxidation sites excluding steroid dienone is 1. The normalized spacial score (nSPS) is 13.6. The Morgan fingerprint density at radius 1 is 1.16 bits per heavy atom. The van der Waals surface area contributed by atoms with Gasteiger partial charge < -0.3 is 0 Å². The largest absolute Gasteiger partial charge is 0.260 e. The zero-order chi connectivity index (χ0) is 13.4. The average Bonchev–Trinajstić information content (AvgIpc) is 2.77. The van der Waals surface area contributed by atoms with E-state index in [1.54, 1.807) is 0 Å². The molecule has 2 heterocycles. The van der Waals surface area contributed by atoms with Crippen molar-refractivity contribution in [1.29, 1.82) is 0 Å². The fourth-order valence-corrected chi connectivity index (χ4v) is 2.47. The molecule has 3 rings (SSSR count). The SMILES string of the molecule is CC1=Cc2cc(-c3cc(C(C)C)ccn3)cnc2C1. The summed E-state index contributed by atoms with van der Waals surface area (Å²) in [5, 5.41) is 0. The minimum Gasteiger partial charge on any atom is -0.260 e. The van der Waals surface area contributed by atoms with Gasteiger partial charge >= 0.3 is 0 Å². The van der Waals surface area contributed by atoms with Crippen molar-refractivity contribution < 1.29 is 0 Å². The molecule has 96 valence electrons. The topological polar surface area (TPSA) is 25.8 Å². The van der Waals surface area contributed by atoms with Gasteiger partial charge in [0.25, 0.3) is 0 Å². The third kappa shape index (κ3) is 2.30. The summed E-state index contributed by atoms with van der Waals surface area (Å²) in [5.74, 6) is 0.520. The van der Waals surface area contributed by atoms with Crippen molar-refractivity contribution in [3.05, 3.63) is 53.0 Å². The second-order valence-corrected chi connectivity index (χ2v) is 5.56. The Labute approximate surface area is 114 Å². The van der Waals surface area contributed by atoms with E-state index in [0.29, 0.717) is 5.92 Å². The molecule has 0 atom stereocenters. The van der Waals surface area contributed by atoms with Gasteiger partial charge in [-0.25, -0.2) is 0 Å². The second-order valence-electron chi connectivity index (χ2n) is 5.56. The van der Waals surface area contributed by atoms with E-state index in [-0.39, 0.29) is 0 Å². The molecule has 0 spiro atoms. The van der Waals surface area contributed by atoms with Crippen molar-refractivity contribution in [3.63, 3.8) is 0 Å². The summed E-state index contributed by atoms with van der Waals surface area (Å²) < 4.78 is 0. The highest BCUT2D eigenvalue weighted by molar-refractivity contribution is 5.68. The highest BCUT2D eigenvalue weighted by Gasteiger charge is 2.12. The van der Waals surface area contributed by atoms with Crippen LogP contribution in [-0.4, -0.2) is 9.97 Å². The number of nitrogens with zero attached hydrogens (tertiary/aromatic N) is 2. The lowest BCUT2D eigenvalue weighted by Gasteiger charge is -2.08. The molecule has 0 bridgehead atoms. The summed E-state index contributed by atoms with van der Waals surface area (Å²) in [6, 6.07) is 6.45. The number of aromatic nitrogens is 2. The van der Waals surface area contributed by atoms with Crippen molar-refractivity contribution in [3.8, 4) is 11.3 Å². The van der Waals surface area contributed by atoms with Crippen molar-refractivity contribution in [2.75, 3.05) is 0 Å². The van der Waals surface area contributed by atoms with Crippen LogP contribution >= 0.6 is 0 Å². The van der Waals surface area contributed by atoms with Gasteiger partial charge in [-0.2, -0.15) is 0 Å². The zero-order valence-electron chi connectivity index (χ0n) is 11.6.